The molecule has 2 aliphatic heterocycles. The molecule has 0 amide bonds. The van der Waals surface area contributed by atoms with Gasteiger partial charge in [0.1, 0.15) is 11.5 Å². The predicted molar refractivity (Wildman–Crippen MR) is 238 cm³/mol. The minimum atomic E-state index is -0.210. The Kier molecular flexibility index (Phi) is 16.8. The molecule has 312 valence electrons. The molecular weight excluding hydrogens is 808 g/mol. The van der Waals surface area contributed by atoms with E-state index in [9.17, 15) is 14.7 Å². The van der Waals surface area contributed by atoms with E-state index >= 15 is 0 Å². The molecule has 0 aliphatic carbocycles. The zero-order valence-electron chi connectivity index (χ0n) is 33.6. The first-order chi connectivity index (χ1) is 28.8. The van der Waals surface area contributed by atoms with Gasteiger partial charge in [0.2, 0.25) is 5.24 Å². The molecule has 0 saturated carbocycles. The van der Waals surface area contributed by atoms with Crippen molar-refractivity contribution in [3.8, 4) is 34.3 Å². The van der Waals surface area contributed by atoms with Crippen LogP contribution in [0.2, 0.25) is 0 Å². The number of halogens is 1. The van der Waals surface area contributed by atoms with E-state index in [-0.39, 0.29) is 17.0 Å². The highest BCUT2D eigenvalue weighted by atomic mass is 35.5. The third-order valence-corrected chi connectivity index (χ3v) is 11.6. The smallest absolute Gasteiger partial charge is 0.311 e. The second kappa shape index (κ2) is 22.6. The van der Waals surface area contributed by atoms with Crippen molar-refractivity contribution < 1.29 is 28.9 Å². The van der Waals surface area contributed by atoms with Crippen LogP contribution in [0.4, 0.5) is 11.6 Å². The van der Waals surface area contributed by atoms with Gasteiger partial charge in [0, 0.05) is 50.1 Å². The van der Waals surface area contributed by atoms with Gasteiger partial charge in [-0.15, -0.1) is 22.7 Å². The lowest BCUT2D eigenvalue weighted by Gasteiger charge is -2.28. The molecule has 1 N–H and O–H groups in total. The number of fused-ring (bicyclic) bond motifs is 2. The Hall–Kier alpha value is -4.73. The van der Waals surface area contributed by atoms with E-state index in [1.807, 2.05) is 47.2 Å². The standard InChI is InChI=1S/C22H25N3O3S.C16H15N3O2S.C6H11ClO/c1-2-3-4-8-19(26)28-17-7-5-6-16(15-17)21-23-18-9-14-29-20(18)22(24-21)25-10-12-27-13-11-25;20-12-3-1-2-11(10-12)15-17-13-4-9-22-14(13)16(18-15)19-5-7-21-8-6-19;1-2-3-4-5-6(7)8/h5-7,9,14-15H,2-4,8,10-13H2,1H3;1-4,9-10,20H,5-8H2;2-5H2,1H3. The molecule has 12 nitrogen and oxygen atoms in total. The first kappa shape index (κ1) is 43.8. The van der Waals surface area contributed by atoms with Crippen LogP contribution >= 0.6 is 34.3 Å². The van der Waals surface area contributed by atoms with Crippen molar-refractivity contribution in [3.63, 3.8) is 0 Å². The third kappa shape index (κ3) is 12.6. The molecule has 2 saturated heterocycles. The van der Waals surface area contributed by atoms with Crippen LogP contribution in [0.1, 0.15) is 65.2 Å². The van der Waals surface area contributed by atoms with Crippen molar-refractivity contribution in [1.29, 1.82) is 0 Å². The number of unbranched alkanes of at least 4 members (excludes halogenated alkanes) is 4. The molecule has 2 fully saturated rings. The minimum absolute atomic E-state index is 0.196. The molecule has 6 heterocycles. The molecule has 0 spiro atoms. The summed E-state index contributed by atoms with van der Waals surface area (Å²) in [5.74, 6) is 3.75. The largest absolute Gasteiger partial charge is 0.508 e. The average molecular weight is 860 g/mol. The molecule has 0 unspecified atom stereocenters. The summed E-state index contributed by atoms with van der Waals surface area (Å²) in [6.45, 7) is 10.4. The fraction of sp³-hybridized carbons (Fsp3) is 0.409. The second-order valence-electron chi connectivity index (χ2n) is 14.0. The Morgan fingerprint density at radius 1 is 0.695 bits per heavy atom. The number of thiophene rings is 2. The highest BCUT2D eigenvalue weighted by Gasteiger charge is 2.21. The van der Waals surface area contributed by atoms with Crippen LogP contribution in [0.25, 0.3) is 43.2 Å². The van der Waals surface area contributed by atoms with Gasteiger partial charge in [-0.25, -0.2) is 19.9 Å². The van der Waals surface area contributed by atoms with Gasteiger partial charge >= 0.3 is 5.97 Å². The summed E-state index contributed by atoms with van der Waals surface area (Å²) in [6, 6.07) is 18.6. The number of aromatic nitrogens is 4. The SMILES string of the molecule is CCCCCC(=O)Cl.CCCCCC(=O)Oc1cccc(-c2nc(N3CCOCC3)c3sccc3n2)c1.Oc1cccc(-c2nc(N3CCOCC3)c3sccc3n2)c1. The van der Waals surface area contributed by atoms with Crippen LogP contribution in [0.3, 0.4) is 0 Å². The Morgan fingerprint density at radius 3 is 1.71 bits per heavy atom. The van der Waals surface area contributed by atoms with Gasteiger partial charge in [0.05, 0.1) is 46.9 Å². The number of aromatic hydroxyl groups is 1. The topological polar surface area (TPSA) is 140 Å². The highest BCUT2D eigenvalue weighted by Crippen LogP contribution is 2.34. The predicted octanol–water partition coefficient (Wildman–Crippen LogP) is 9.91. The number of carbonyl (C=O) groups is 2. The van der Waals surface area contributed by atoms with Gasteiger partial charge in [-0.2, -0.15) is 0 Å². The second-order valence-corrected chi connectivity index (χ2v) is 16.3. The first-order valence-corrected chi connectivity index (χ1v) is 22.4. The fourth-order valence-electron chi connectivity index (χ4n) is 6.49. The molecule has 2 aromatic carbocycles. The van der Waals surface area contributed by atoms with E-state index in [1.165, 1.54) is 0 Å². The van der Waals surface area contributed by atoms with Gasteiger partial charge in [0.15, 0.2) is 23.3 Å². The average Bonchev–Trinajstić information content (AvgIpc) is 3.95. The molecule has 59 heavy (non-hydrogen) atoms. The van der Waals surface area contributed by atoms with Crippen molar-refractivity contribution in [3.05, 3.63) is 71.4 Å². The quantitative estimate of drug-likeness (QED) is 0.0512. The van der Waals surface area contributed by atoms with E-state index in [2.05, 4.69) is 28.6 Å². The van der Waals surface area contributed by atoms with Crippen LogP contribution in [0, 0.1) is 0 Å². The fourth-order valence-corrected chi connectivity index (χ4v) is 8.32. The van der Waals surface area contributed by atoms with Crippen LogP contribution in [0.5, 0.6) is 11.5 Å². The number of rotatable bonds is 13. The minimum Gasteiger partial charge on any atom is -0.508 e. The van der Waals surface area contributed by atoms with Crippen LogP contribution in [-0.4, -0.2) is 88.9 Å². The maximum atomic E-state index is 12.1. The number of phenols is 1. The molecule has 6 aromatic rings. The molecule has 0 radical (unpaired) electrons. The van der Waals surface area contributed by atoms with Gasteiger partial charge in [-0.05, 0) is 71.6 Å². The molecule has 8 rings (SSSR count). The molecule has 15 heteroatoms. The van der Waals surface area contributed by atoms with Crippen LogP contribution < -0.4 is 14.5 Å². The Bertz CT molecular complexity index is 2270. The number of nitrogens with zero attached hydrogens (tertiary/aromatic N) is 6. The first-order valence-electron chi connectivity index (χ1n) is 20.3. The maximum Gasteiger partial charge on any atom is 0.311 e. The van der Waals surface area contributed by atoms with Crippen LogP contribution in [-0.2, 0) is 19.1 Å². The van der Waals surface area contributed by atoms with E-state index in [4.69, 9.17) is 40.8 Å². The summed E-state index contributed by atoms with van der Waals surface area (Å²) >= 11 is 8.39. The maximum absolute atomic E-state index is 12.1. The number of benzene rings is 2. The summed E-state index contributed by atoms with van der Waals surface area (Å²) in [4.78, 5) is 45.7. The summed E-state index contributed by atoms with van der Waals surface area (Å²) in [5, 5.41) is 13.6. The molecule has 2 aliphatic rings. The number of esters is 1. The van der Waals surface area contributed by atoms with E-state index in [0.717, 1.165) is 121 Å². The molecule has 0 atom stereocenters. The van der Waals surface area contributed by atoms with Gasteiger partial charge < -0.3 is 29.1 Å². The third-order valence-electron chi connectivity index (χ3n) is 9.58. The van der Waals surface area contributed by atoms with Crippen molar-refractivity contribution in [2.45, 2.75) is 65.2 Å². The van der Waals surface area contributed by atoms with Gasteiger partial charge in [0.25, 0.3) is 0 Å². The normalized spacial score (nSPS) is 14.0. The van der Waals surface area contributed by atoms with Crippen molar-refractivity contribution in [2.75, 3.05) is 62.4 Å². The lowest BCUT2D eigenvalue weighted by molar-refractivity contribution is -0.134. The van der Waals surface area contributed by atoms with E-state index in [0.29, 0.717) is 43.5 Å². The van der Waals surface area contributed by atoms with Gasteiger partial charge in [-0.1, -0.05) is 63.8 Å². The summed E-state index contributed by atoms with van der Waals surface area (Å²) in [7, 11) is 0. The molecule has 0 bridgehead atoms. The number of ether oxygens (including phenoxy) is 3. The van der Waals surface area contributed by atoms with Crippen LogP contribution in [0.15, 0.2) is 71.4 Å². The van der Waals surface area contributed by atoms with Crippen molar-refractivity contribution in [2.24, 2.45) is 0 Å². The molecular formula is C44H51ClN6O6S2. The summed E-state index contributed by atoms with van der Waals surface area (Å²) in [5.41, 5.74) is 3.54. The number of carbonyl (C=O) groups excluding carboxylic acids is 2. The van der Waals surface area contributed by atoms with Crippen molar-refractivity contribution in [1.82, 2.24) is 19.9 Å². The number of hydrogen-bond acceptors (Lipinski definition) is 14. The summed E-state index contributed by atoms with van der Waals surface area (Å²) < 4.78 is 18.6. The van der Waals surface area contributed by atoms with E-state index in [1.54, 1.807) is 46.9 Å². The number of hydrogen-bond donors (Lipinski definition) is 1. The lowest BCUT2D eigenvalue weighted by atomic mass is 10.2. The zero-order chi connectivity index (χ0) is 41.4. The van der Waals surface area contributed by atoms with Gasteiger partial charge in [-0.3, -0.25) is 9.59 Å². The Balaban J connectivity index is 0.000000172. The Morgan fingerprint density at radius 2 is 1.20 bits per heavy atom. The summed E-state index contributed by atoms with van der Waals surface area (Å²) in [6.07, 6.45) is 7.15. The molecule has 4 aromatic heterocycles. The monoisotopic (exact) mass is 858 g/mol. The lowest BCUT2D eigenvalue weighted by Crippen LogP contribution is -2.36. The number of phenolic OH excluding ortho intramolecular Hbond substituents is 1. The zero-order valence-corrected chi connectivity index (χ0v) is 36.0. The Labute approximate surface area is 358 Å². The number of anilines is 2. The van der Waals surface area contributed by atoms with E-state index < -0.39 is 0 Å². The number of morpholine rings is 2. The highest BCUT2D eigenvalue weighted by molar-refractivity contribution is 7.18. The van der Waals surface area contributed by atoms with Crippen molar-refractivity contribution >= 4 is 77.6 Å².